The Bertz CT molecular complexity index is 528. The fourth-order valence-electron chi connectivity index (χ4n) is 3.64. The SMILES string of the molecule is O=C(O)Cc1csc(NC(=O)CC2CC3CCC2C3)n1. The van der Waals surface area contributed by atoms with E-state index in [0.29, 0.717) is 23.2 Å². The highest BCUT2D eigenvalue weighted by atomic mass is 32.1. The van der Waals surface area contributed by atoms with Crippen molar-refractivity contribution in [3.63, 3.8) is 0 Å². The van der Waals surface area contributed by atoms with Gasteiger partial charge in [-0.2, -0.15) is 0 Å². The van der Waals surface area contributed by atoms with E-state index in [1.807, 2.05) is 0 Å². The number of hydrogen-bond acceptors (Lipinski definition) is 4. The van der Waals surface area contributed by atoms with E-state index in [1.54, 1.807) is 5.38 Å². The minimum atomic E-state index is -0.907. The minimum Gasteiger partial charge on any atom is -0.481 e. The van der Waals surface area contributed by atoms with Crippen LogP contribution in [-0.4, -0.2) is 22.0 Å². The molecule has 3 atom stereocenters. The Labute approximate surface area is 121 Å². The molecule has 2 saturated carbocycles. The fraction of sp³-hybridized carbons (Fsp3) is 0.643. The fourth-order valence-corrected chi connectivity index (χ4v) is 4.36. The molecular formula is C14H18N2O3S. The molecule has 0 aromatic carbocycles. The predicted octanol–water partition coefficient (Wildman–Crippen LogP) is 2.54. The third-order valence-electron chi connectivity index (χ3n) is 4.46. The molecule has 5 nitrogen and oxygen atoms in total. The quantitative estimate of drug-likeness (QED) is 0.874. The van der Waals surface area contributed by atoms with Gasteiger partial charge in [-0.3, -0.25) is 9.59 Å². The van der Waals surface area contributed by atoms with Crippen molar-refractivity contribution in [1.82, 2.24) is 4.98 Å². The van der Waals surface area contributed by atoms with Crippen LogP contribution in [0.25, 0.3) is 0 Å². The van der Waals surface area contributed by atoms with Crippen molar-refractivity contribution in [2.24, 2.45) is 17.8 Å². The molecular weight excluding hydrogens is 276 g/mol. The van der Waals surface area contributed by atoms with Gasteiger partial charge in [-0.15, -0.1) is 11.3 Å². The van der Waals surface area contributed by atoms with Gasteiger partial charge in [0.05, 0.1) is 12.1 Å². The molecule has 1 aromatic rings. The summed E-state index contributed by atoms with van der Waals surface area (Å²) >= 11 is 1.29. The van der Waals surface area contributed by atoms with Gasteiger partial charge in [-0.25, -0.2) is 4.98 Å². The summed E-state index contributed by atoms with van der Waals surface area (Å²) in [6.07, 6.45) is 5.60. The van der Waals surface area contributed by atoms with Gasteiger partial charge < -0.3 is 10.4 Å². The van der Waals surface area contributed by atoms with E-state index in [-0.39, 0.29) is 12.3 Å². The largest absolute Gasteiger partial charge is 0.481 e. The highest BCUT2D eigenvalue weighted by molar-refractivity contribution is 7.13. The van der Waals surface area contributed by atoms with E-state index in [1.165, 1.54) is 37.0 Å². The lowest BCUT2D eigenvalue weighted by atomic mass is 9.86. The smallest absolute Gasteiger partial charge is 0.309 e. The molecule has 0 spiro atoms. The number of carboxylic acid groups (broad SMARTS) is 1. The maximum Gasteiger partial charge on any atom is 0.309 e. The topological polar surface area (TPSA) is 79.3 Å². The Balaban J connectivity index is 1.51. The Kier molecular flexibility index (Phi) is 3.74. The molecule has 20 heavy (non-hydrogen) atoms. The van der Waals surface area contributed by atoms with Crippen molar-refractivity contribution < 1.29 is 14.7 Å². The van der Waals surface area contributed by atoms with Gasteiger partial charge in [0.1, 0.15) is 0 Å². The molecule has 2 aliphatic carbocycles. The first-order valence-electron chi connectivity index (χ1n) is 7.06. The van der Waals surface area contributed by atoms with Crippen LogP contribution in [0, 0.1) is 17.8 Å². The number of aliphatic carboxylic acids is 1. The van der Waals surface area contributed by atoms with Gasteiger partial charge in [0, 0.05) is 11.8 Å². The first kappa shape index (κ1) is 13.5. The normalized spacial score (nSPS) is 27.7. The molecule has 0 aliphatic heterocycles. The van der Waals surface area contributed by atoms with Gasteiger partial charge in [0.15, 0.2) is 5.13 Å². The number of rotatable bonds is 5. The lowest BCUT2D eigenvalue weighted by Crippen LogP contribution is -2.20. The second-order valence-corrected chi connectivity index (χ2v) is 6.76. The summed E-state index contributed by atoms with van der Waals surface area (Å²) in [4.78, 5) is 26.7. The summed E-state index contributed by atoms with van der Waals surface area (Å²) in [6.45, 7) is 0. The molecule has 0 saturated heterocycles. The molecule has 0 radical (unpaired) electrons. The van der Waals surface area contributed by atoms with Crippen LogP contribution >= 0.6 is 11.3 Å². The Hall–Kier alpha value is -1.43. The molecule has 108 valence electrons. The van der Waals surface area contributed by atoms with Gasteiger partial charge in [-0.1, -0.05) is 6.42 Å². The zero-order valence-electron chi connectivity index (χ0n) is 11.2. The molecule has 3 rings (SSSR count). The third-order valence-corrected chi connectivity index (χ3v) is 5.27. The Morgan fingerprint density at radius 3 is 2.90 bits per heavy atom. The lowest BCUT2D eigenvalue weighted by Gasteiger charge is -2.20. The van der Waals surface area contributed by atoms with Crippen LogP contribution in [-0.2, 0) is 16.0 Å². The number of carboxylic acids is 1. The summed E-state index contributed by atoms with van der Waals surface area (Å²) in [5.41, 5.74) is 0.498. The van der Waals surface area contributed by atoms with Crippen molar-refractivity contribution in [3.8, 4) is 0 Å². The first-order chi connectivity index (χ1) is 9.60. The molecule has 1 amide bonds. The number of nitrogens with zero attached hydrogens (tertiary/aromatic N) is 1. The number of nitrogens with one attached hydrogen (secondary N) is 1. The Morgan fingerprint density at radius 2 is 2.25 bits per heavy atom. The van der Waals surface area contributed by atoms with Crippen LogP contribution in [0.2, 0.25) is 0 Å². The van der Waals surface area contributed by atoms with Crippen molar-refractivity contribution in [1.29, 1.82) is 0 Å². The summed E-state index contributed by atoms with van der Waals surface area (Å²) in [5.74, 6) is 1.23. The summed E-state index contributed by atoms with van der Waals surface area (Å²) in [7, 11) is 0. The lowest BCUT2D eigenvalue weighted by molar-refractivity contribution is -0.136. The molecule has 2 N–H and O–H groups in total. The van der Waals surface area contributed by atoms with Gasteiger partial charge in [-0.05, 0) is 37.0 Å². The van der Waals surface area contributed by atoms with Gasteiger partial charge in [0.25, 0.3) is 0 Å². The maximum atomic E-state index is 12.0. The number of anilines is 1. The second-order valence-electron chi connectivity index (χ2n) is 5.90. The number of amides is 1. The average Bonchev–Trinajstić information content (AvgIpc) is 3.05. The van der Waals surface area contributed by atoms with E-state index >= 15 is 0 Å². The highest BCUT2D eigenvalue weighted by Gasteiger charge is 2.40. The van der Waals surface area contributed by atoms with E-state index in [2.05, 4.69) is 10.3 Å². The van der Waals surface area contributed by atoms with Crippen LogP contribution in [0.5, 0.6) is 0 Å². The second kappa shape index (κ2) is 5.52. The van der Waals surface area contributed by atoms with Crippen molar-refractivity contribution in [3.05, 3.63) is 11.1 Å². The summed E-state index contributed by atoms with van der Waals surface area (Å²) in [5, 5.41) is 13.7. The van der Waals surface area contributed by atoms with Crippen molar-refractivity contribution in [2.45, 2.75) is 38.5 Å². The number of carbonyl (C=O) groups is 2. The summed E-state index contributed by atoms with van der Waals surface area (Å²) < 4.78 is 0. The van der Waals surface area contributed by atoms with E-state index < -0.39 is 5.97 Å². The van der Waals surface area contributed by atoms with Crippen molar-refractivity contribution >= 4 is 28.3 Å². The summed E-state index contributed by atoms with van der Waals surface area (Å²) in [6, 6.07) is 0. The highest BCUT2D eigenvalue weighted by Crippen LogP contribution is 2.49. The van der Waals surface area contributed by atoms with Gasteiger partial charge in [0.2, 0.25) is 5.91 Å². The predicted molar refractivity (Wildman–Crippen MR) is 75.6 cm³/mol. The molecule has 1 aromatic heterocycles. The molecule has 3 unspecified atom stereocenters. The number of fused-ring (bicyclic) bond motifs is 2. The van der Waals surface area contributed by atoms with E-state index in [4.69, 9.17) is 5.11 Å². The monoisotopic (exact) mass is 294 g/mol. The molecule has 1 heterocycles. The Morgan fingerprint density at radius 1 is 1.40 bits per heavy atom. The third kappa shape index (κ3) is 3.00. The number of hydrogen-bond donors (Lipinski definition) is 2. The number of aromatic nitrogens is 1. The van der Waals surface area contributed by atoms with Gasteiger partial charge >= 0.3 is 5.97 Å². The zero-order valence-corrected chi connectivity index (χ0v) is 12.0. The number of carbonyl (C=O) groups excluding carboxylic acids is 1. The zero-order chi connectivity index (χ0) is 14.1. The molecule has 2 fully saturated rings. The van der Waals surface area contributed by atoms with Crippen LogP contribution in [0.4, 0.5) is 5.13 Å². The number of thiazole rings is 1. The molecule has 2 aliphatic rings. The van der Waals surface area contributed by atoms with Crippen molar-refractivity contribution in [2.75, 3.05) is 5.32 Å². The van der Waals surface area contributed by atoms with Crippen LogP contribution in [0.3, 0.4) is 0 Å². The molecule has 6 heteroatoms. The standard InChI is InChI=1S/C14H18N2O3S/c17-12(5-10-4-8-1-2-9(10)3-8)16-14-15-11(7-20-14)6-13(18)19/h7-10H,1-6H2,(H,18,19)(H,15,16,17). The van der Waals surface area contributed by atoms with Crippen LogP contribution < -0.4 is 5.32 Å². The maximum absolute atomic E-state index is 12.0. The van der Waals surface area contributed by atoms with Crippen LogP contribution in [0.15, 0.2) is 5.38 Å². The molecule has 2 bridgehead atoms. The van der Waals surface area contributed by atoms with Crippen LogP contribution in [0.1, 0.15) is 37.8 Å². The van der Waals surface area contributed by atoms with E-state index in [0.717, 1.165) is 11.8 Å². The minimum absolute atomic E-state index is 0.0128. The average molecular weight is 294 g/mol. The van der Waals surface area contributed by atoms with E-state index in [9.17, 15) is 9.59 Å². The first-order valence-corrected chi connectivity index (χ1v) is 7.94.